The largest absolute Gasteiger partial charge is 0.319 e. The number of halogens is 2. The second-order valence-electron chi connectivity index (χ2n) is 3.99. The van der Waals surface area contributed by atoms with Crippen molar-refractivity contribution in [1.82, 2.24) is 0 Å². The molecule has 0 radical (unpaired) electrons. The summed E-state index contributed by atoms with van der Waals surface area (Å²) in [6.07, 6.45) is 1.53. The zero-order valence-corrected chi connectivity index (χ0v) is 9.68. The molecule has 4 heteroatoms. The first-order valence-corrected chi connectivity index (χ1v) is 5.57. The SMILES string of the molecule is NC1(C(=O)Cc2cc(Br)ccc2F)CC1. The van der Waals surface area contributed by atoms with Gasteiger partial charge in [0, 0.05) is 10.9 Å². The number of hydrogen-bond donors (Lipinski definition) is 1. The van der Waals surface area contributed by atoms with Crippen molar-refractivity contribution < 1.29 is 9.18 Å². The summed E-state index contributed by atoms with van der Waals surface area (Å²) in [7, 11) is 0. The second-order valence-corrected chi connectivity index (χ2v) is 4.91. The van der Waals surface area contributed by atoms with Crippen molar-refractivity contribution in [1.29, 1.82) is 0 Å². The highest BCUT2D eigenvalue weighted by molar-refractivity contribution is 9.10. The first-order chi connectivity index (χ1) is 7.01. The molecule has 1 saturated carbocycles. The van der Waals surface area contributed by atoms with E-state index < -0.39 is 5.54 Å². The number of carbonyl (C=O) groups is 1. The van der Waals surface area contributed by atoms with Crippen LogP contribution in [0.4, 0.5) is 4.39 Å². The molecule has 1 aromatic rings. The van der Waals surface area contributed by atoms with Gasteiger partial charge in [0.1, 0.15) is 5.82 Å². The molecule has 0 aromatic heterocycles. The van der Waals surface area contributed by atoms with Gasteiger partial charge in [0.25, 0.3) is 0 Å². The highest BCUT2D eigenvalue weighted by atomic mass is 79.9. The third-order valence-electron chi connectivity index (χ3n) is 2.70. The zero-order valence-electron chi connectivity index (χ0n) is 8.09. The van der Waals surface area contributed by atoms with Crippen molar-refractivity contribution in [2.45, 2.75) is 24.8 Å². The van der Waals surface area contributed by atoms with Gasteiger partial charge in [-0.1, -0.05) is 15.9 Å². The minimum Gasteiger partial charge on any atom is -0.319 e. The van der Waals surface area contributed by atoms with Crippen molar-refractivity contribution >= 4 is 21.7 Å². The van der Waals surface area contributed by atoms with Crippen molar-refractivity contribution in [3.05, 3.63) is 34.1 Å². The third-order valence-corrected chi connectivity index (χ3v) is 3.20. The maximum atomic E-state index is 13.3. The second kappa shape index (κ2) is 3.68. The Hall–Kier alpha value is -0.740. The Balaban J connectivity index is 2.16. The van der Waals surface area contributed by atoms with E-state index in [2.05, 4.69) is 15.9 Å². The number of benzene rings is 1. The van der Waals surface area contributed by atoms with E-state index in [0.29, 0.717) is 5.56 Å². The minimum absolute atomic E-state index is 0.0699. The van der Waals surface area contributed by atoms with Crippen LogP contribution in [-0.2, 0) is 11.2 Å². The molecule has 0 bridgehead atoms. The Morgan fingerprint density at radius 1 is 1.53 bits per heavy atom. The quantitative estimate of drug-likeness (QED) is 0.916. The van der Waals surface area contributed by atoms with Gasteiger partial charge in [-0.25, -0.2) is 4.39 Å². The molecule has 0 heterocycles. The topological polar surface area (TPSA) is 43.1 Å². The van der Waals surface area contributed by atoms with E-state index in [4.69, 9.17) is 5.73 Å². The average molecular weight is 272 g/mol. The van der Waals surface area contributed by atoms with Crippen molar-refractivity contribution in [2.24, 2.45) is 5.73 Å². The lowest BCUT2D eigenvalue weighted by Gasteiger charge is -2.08. The van der Waals surface area contributed by atoms with Crippen LogP contribution in [0.5, 0.6) is 0 Å². The molecule has 0 saturated heterocycles. The molecule has 0 unspecified atom stereocenters. The monoisotopic (exact) mass is 271 g/mol. The number of nitrogens with two attached hydrogens (primary N) is 1. The molecule has 0 amide bonds. The summed E-state index contributed by atoms with van der Waals surface area (Å²) < 4.78 is 14.1. The molecule has 0 atom stereocenters. The van der Waals surface area contributed by atoms with Gasteiger partial charge in [0.05, 0.1) is 5.54 Å². The van der Waals surface area contributed by atoms with Crippen LogP contribution in [0, 0.1) is 5.82 Å². The standard InChI is InChI=1S/C11H11BrFNO/c12-8-1-2-9(13)7(5-8)6-10(15)11(14)3-4-11/h1-2,5H,3-4,6,14H2. The molecule has 0 spiro atoms. The predicted molar refractivity (Wildman–Crippen MR) is 59.0 cm³/mol. The van der Waals surface area contributed by atoms with Crippen LogP contribution in [0.25, 0.3) is 0 Å². The third kappa shape index (κ3) is 2.26. The van der Waals surface area contributed by atoms with Crippen molar-refractivity contribution in [3.8, 4) is 0 Å². The van der Waals surface area contributed by atoms with Crippen LogP contribution in [-0.4, -0.2) is 11.3 Å². The fourth-order valence-corrected chi connectivity index (χ4v) is 1.85. The number of hydrogen-bond acceptors (Lipinski definition) is 2. The summed E-state index contributed by atoms with van der Waals surface area (Å²) in [5.74, 6) is -0.421. The molecule has 15 heavy (non-hydrogen) atoms. The van der Waals surface area contributed by atoms with E-state index in [9.17, 15) is 9.18 Å². The lowest BCUT2D eigenvalue weighted by Crippen LogP contribution is -2.34. The molecule has 2 rings (SSSR count). The van der Waals surface area contributed by atoms with Crippen LogP contribution in [0.1, 0.15) is 18.4 Å². The van der Waals surface area contributed by atoms with E-state index in [1.165, 1.54) is 6.07 Å². The van der Waals surface area contributed by atoms with Crippen LogP contribution in [0.15, 0.2) is 22.7 Å². The molecular weight excluding hydrogens is 261 g/mol. The lowest BCUT2D eigenvalue weighted by molar-refractivity contribution is -0.120. The molecule has 2 nitrogen and oxygen atoms in total. The summed E-state index contributed by atoms with van der Waals surface area (Å²) >= 11 is 3.24. The summed E-state index contributed by atoms with van der Waals surface area (Å²) in [6, 6.07) is 4.58. The zero-order chi connectivity index (χ0) is 11.1. The van der Waals surface area contributed by atoms with E-state index in [1.54, 1.807) is 12.1 Å². The van der Waals surface area contributed by atoms with Crippen molar-refractivity contribution in [3.63, 3.8) is 0 Å². The highest BCUT2D eigenvalue weighted by Gasteiger charge is 2.45. The Kier molecular flexibility index (Phi) is 2.64. The Morgan fingerprint density at radius 3 is 2.80 bits per heavy atom. The first kappa shape index (κ1) is 10.8. The fourth-order valence-electron chi connectivity index (χ4n) is 1.44. The molecular formula is C11H11BrFNO. The normalized spacial score (nSPS) is 17.5. The van der Waals surface area contributed by atoms with Crippen molar-refractivity contribution in [2.75, 3.05) is 0 Å². The average Bonchev–Trinajstić information content (AvgIpc) is 2.91. The molecule has 2 N–H and O–H groups in total. The summed E-state index contributed by atoms with van der Waals surface area (Å²) in [5, 5.41) is 0. The predicted octanol–water partition coefficient (Wildman–Crippen LogP) is 2.19. The van der Waals surface area contributed by atoms with E-state index >= 15 is 0 Å². The van der Waals surface area contributed by atoms with Gasteiger partial charge < -0.3 is 5.73 Å². The Morgan fingerprint density at radius 2 is 2.20 bits per heavy atom. The van der Waals surface area contributed by atoms with Gasteiger partial charge in [0.15, 0.2) is 5.78 Å². The van der Waals surface area contributed by atoms with Gasteiger partial charge >= 0.3 is 0 Å². The first-order valence-electron chi connectivity index (χ1n) is 4.77. The molecule has 1 aromatic carbocycles. The van der Waals surface area contributed by atoms with Gasteiger partial charge in [-0.05, 0) is 36.6 Å². The van der Waals surface area contributed by atoms with E-state index in [0.717, 1.165) is 17.3 Å². The van der Waals surface area contributed by atoms with Crippen LogP contribution in [0.2, 0.25) is 0 Å². The van der Waals surface area contributed by atoms with Gasteiger partial charge in [-0.15, -0.1) is 0 Å². The maximum Gasteiger partial charge on any atom is 0.157 e. The molecule has 1 fully saturated rings. The van der Waals surface area contributed by atoms with E-state index in [-0.39, 0.29) is 18.0 Å². The van der Waals surface area contributed by atoms with Gasteiger partial charge in [-0.2, -0.15) is 0 Å². The highest BCUT2D eigenvalue weighted by Crippen LogP contribution is 2.34. The van der Waals surface area contributed by atoms with E-state index in [1.807, 2.05) is 0 Å². The minimum atomic E-state index is -0.672. The number of rotatable bonds is 3. The molecule has 1 aliphatic carbocycles. The molecule has 80 valence electrons. The number of carbonyl (C=O) groups excluding carboxylic acids is 1. The smallest absolute Gasteiger partial charge is 0.157 e. The van der Waals surface area contributed by atoms with Crippen LogP contribution in [0.3, 0.4) is 0 Å². The summed E-state index contributed by atoms with van der Waals surface area (Å²) in [4.78, 5) is 11.7. The summed E-state index contributed by atoms with van der Waals surface area (Å²) in [5.41, 5.74) is 5.48. The van der Waals surface area contributed by atoms with Gasteiger partial charge in [-0.3, -0.25) is 4.79 Å². The molecule has 1 aliphatic rings. The fraction of sp³-hybridized carbons (Fsp3) is 0.364. The Labute approximate surface area is 95.8 Å². The van der Waals surface area contributed by atoms with Crippen LogP contribution >= 0.6 is 15.9 Å². The number of ketones is 1. The lowest BCUT2D eigenvalue weighted by atomic mass is 10.0. The molecule has 0 aliphatic heterocycles. The summed E-state index contributed by atoms with van der Waals surface area (Å²) in [6.45, 7) is 0. The number of Topliss-reactive ketones (excluding diaryl/α,β-unsaturated/α-hetero) is 1. The van der Waals surface area contributed by atoms with Crippen LogP contribution < -0.4 is 5.73 Å². The maximum absolute atomic E-state index is 13.3. The Bertz CT molecular complexity index is 415. The van der Waals surface area contributed by atoms with Gasteiger partial charge in [0.2, 0.25) is 0 Å².